The second-order valence-electron chi connectivity index (χ2n) is 6.57. The molecule has 0 spiro atoms. The standard InChI is InChI=1S/C17H19N3O2S2/c1-10-5-6-12(22-10)15-18-11(8-23-15)7-14(21)20-16-19-13(9-24-16)17(2,3)4/h5-6,8-9H,7H2,1-4H3,(H,19,20,21). The highest BCUT2D eigenvalue weighted by Gasteiger charge is 2.18. The summed E-state index contributed by atoms with van der Waals surface area (Å²) in [4.78, 5) is 21.1. The molecule has 7 heteroatoms. The summed E-state index contributed by atoms with van der Waals surface area (Å²) in [7, 11) is 0. The van der Waals surface area contributed by atoms with E-state index in [0.29, 0.717) is 5.13 Å². The third-order valence-corrected chi connectivity index (χ3v) is 5.03. The van der Waals surface area contributed by atoms with Gasteiger partial charge in [0.05, 0.1) is 17.8 Å². The van der Waals surface area contributed by atoms with E-state index in [1.54, 1.807) is 0 Å². The maximum Gasteiger partial charge on any atom is 0.232 e. The van der Waals surface area contributed by atoms with E-state index in [0.717, 1.165) is 27.9 Å². The number of aryl methyl sites for hydroxylation is 1. The average molecular weight is 361 g/mol. The zero-order valence-corrected chi connectivity index (χ0v) is 15.7. The SMILES string of the molecule is Cc1ccc(-c2nc(CC(=O)Nc3nc(C(C)(C)C)cs3)cs2)o1. The van der Waals surface area contributed by atoms with Gasteiger partial charge in [-0.1, -0.05) is 20.8 Å². The number of carbonyl (C=O) groups is 1. The molecule has 0 bridgehead atoms. The highest BCUT2D eigenvalue weighted by molar-refractivity contribution is 7.14. The van der Waals surface area contributed by atoms with Crippen molar-refractivity contribution in [2.45, 2.75) is 39.5 Å². The highest BCUT2D eigenvalue weighted by Crippen LogP contribution is 2.27. The van der Waals surface area contributed by atoms with Crippen LogP contribution in [-0.4, -0.2) is 15.9 Å². The van der Waals surface area contributed by atoms with Gasteiger partial charge < -0.3 is 9.73 Å². The van der Waals surface area contributed by atoms with E-state index in [9.17, 15) is 4.79 Å². The fourth-order valence-corrected chi connectivity index (χ4v) is 3.79. The predicted molar refractivity (Wildman–Crippen MR) is 97.7 cm³/mol. The van der Waals surface area contributed by atoms with E-state index in [1.165, 1.54) is 22.7 Å². The van der Waals surface area contributed by atoms with Crippen LogP contribution in [0.4, 0.5) is 5.13 Å². The van der Waals surface area contributed by atoms with Gasteiger partial charge in [0, 0.05) is 16.2 Å². The van der Waals surface area contributed by atoms with Crippen LogP contribution in [0.2, 0.25) is 0 Å². The number of nitrogens with one attached hydrogen (secondary N) is 1. The Kier molecular flexibility index (Phi) is 4.56. The van der Waals surface area contributed by atoms with Gasteiger partial charge in [-0.25, -0.2) is 9.97 Å². The zero-order chi connectivity index (χ0) is 17.3. The molecule has 0 saturated carbocycles. The van der Waals surface area contributed by atoms with Crippen LogP contribution in [-0.2, 0) is 16.6 Å². The summed E-state index contributed by atoms with van der Waals surface area (Å²) in [5.41, 5.74) is 1.69. The minimum absolute atomic E-state index is 0.0233. The van der Waals surface area contributed by atoms with Crippen molar-refractivity contribution in [3.8, 4) is 10.8 Å². The molecule has 0 aliphatic rings. The second-order valence-corrected chi connectivity index (χ2v) is 8.28. The van der Waals surface area contributed by atoms with Gasteiger partial charge in [0.15, 0.2) is 15.9 Å². The number of hydrogen-bond acceptors (Lipinski definition) is 6. The van der Waals surface area contributed by atoms with E-state index in [1.807, 2.05) is 29.8 Å². The van der Waals surface area contributed by atoms with Crippen LogP contribution in [0, 0.1) is 6.92 Å². The van der Waals surface area contributed by atoms with E-state index in [2.05, 4.69) is 36.1 Å². The summed E-state index contributed by atoms with van der Waals surface area (Å²) < 4.78 is 5.56. The van der Waals surface area contributed by atoms with Gasteiger partial charge in [0.2, 0.25) is 5.91 Å². The second kappa shape index (κ2) is 6.49. The van der Waals surface area contributed by atoms with Crippen LogP contribution in [0.1, 0.15) is 37.9 Å². The van der Waals surface area contributed by atoms with Crippen molar-refractivity contribution in [3.05, 3.63) is 40.0 Å². The maximum atomic E-state index is 12.2. The Morgan fingerprint density at radius 1 is 1.21 bits per heavy atom. The van der Waals surface area contributed by atoms with E-state index < -0.39 is 0 Å². The molecule has 0 aromatic carbocycles. The molecule has 3 rings (SSSR count). The Morgan fingerprint density at radius 2 is 2.00 bits per heavy atom. The van der Waals surface area contributed by atoms with Gasteiger partial charge >= 0.3 is 0 Å². The Labute approximate surface area is 148 Å². The molecule has 0 aliphatic carbocycles. The molecular weight excluding hydrogens is 342 g/mol. The topological polar surface area (TPSA) is 68.0 Å². The fraction of sp³-hybridized carbons (Fsp3) is 0.353. The molecule has 24 heavy (non-hydrogen) atoms. The molecule has 0 fully saturated rings. The van der Waals surface area contributed by atoms with Gasteiger partial charge in [-0.3, -0.25) is 4.79 Å². The highest BCUT2D eigenvalue weighted by atomic mass is 32.1. The lowest BCUT2D eigenvalue weighted by Gasteiger charge is -2.14. The van der Waals surface area contributed by atoms with Crippen molar-refractivity contribution < 1.29 is 9.21 Å². The monoisotopic (exact) mass is 361 g/mol. The molecule has 1 N–H and O–H groups in total. The minimum atomic E-state index is -0.114. The lowest BCUT2D eigenvalue weighted by Crippen LogP contribution is -2.16. The summed E-state index contributed by atoms with van der Waals surface area (Å²) in [6, 6.07) is 3.79. The predicted octanol–water partition coefficient (Wildman–Crippen LogP) is 4.65. The number of amides is 1. The van der Waals surface area contributed by atoms with Crippen LogP contribution < -0.4 is 5.32 Å². The van der Waals surface area contributed by atoms with E-state index in [-0.39, 0.29) is 17.7 Å². The lowest BCUT2D eigenvalue weighted by atomic mass is 9.93. The van der Waals surface area contributed by atoms with Gasteiger partial charge in [0.1, 0.15) is 5.76 Å². The van der Waals surface area contributed by atoms with Crippen molar-refractivity contribution in [1.82, 2.24) is 9.97 Å². The Morgan fingerprint density at radius 3 is 2.62 bits per heavy atom. The molecule has 0 atom stereocenters. The van der Waals surface area contributed by atoms with Gasteiger partial charge in [0.25, 0.3) is 0 Å². The van der Waals surface area contributed by atoms with Crippen molar-refractivity contribution in [1.29, 1.82) is 0 Å². The molecule has 0 saturated heterocycles. The van der Waals surface area contributed by atoms with Crippen molar-refractivity contribution in [3.63, 3.8) is 0 Å². The third-order valence-electron chi connectivity index (χ3n) is 3.36. The van der Waals surface area contributed by atoms with E-state index in [4.69, 9.17) is 4.42 Å². The first-order valence-corrected chi connectivity index (χ1v) is 9.34. The summed E-state index contributed by atoms with van der Waals surface area (Å²) >= 11 is 2.92. The Bertz CT molecular complexity index is 855. The molecular formula is C17H19N3O2S2. The van der Waals surface area contributed by atoms with Crippen molar-refractivity contribution >= 4 is 33.7 Å². The molecule has 1 amide bonds. The maximum absolute atomic E-state index is 12.2. The smallest absolute Gasteiger partial charge is 0.232 e. The molecule has 126 valence electrons. The summed E-state index contributed by atoms with van der Waals surface area (Å²) in [6.07, 6.45) is 0.223. The third kappa shape index (κ3) is 3.91. The van der Waals surface area contributed by atoms with Gasteiger partial charge in [-0.2, -0.15) is 0 Å². The van der Waals surface area contributed by atoms with Crippen LogP contribution in [0.15, 0.2) is 27.3 Å². The van der Waals surface area contributed by atoms with Crippen molar-refractivity contribution in [2.75, 3.05) is 5.32 Å². The van der Waals surface area contributed by atoms with Crippen molar-refractivity contribution in [2.24, 2.45) is 0 Å². The normalized spacial score (nSPS) is 11.7. The first-order chi connectivity index (χ1) is 11.3. The number of hydrogen-bond donors (Lipinski definition) is 1. The van der Waals surface area contributed by atoms with Crippen LogP contribution in [0.3, 0.4) is 0 Å². The van der Waals surface area contributed by atoms with E-state index >= 15 is 0 Å². The first-order valence-electron chi connectivity index (χ1n) is 7.58. The Hall–Kier alpha value is -1.99. The molecule has 5 nitrogen and oxygen atoms in total. The van der Waals surface area contributed by atoms with Crippen LogP contribution in [0.5, 0.6) is 0 Å². The zero-order valence-electron chi connectivity index (χ0n) is 14.0. The number of rotatable bonds is 4. The number of thiazole rings is 2. The van der Waals surface area contributed by atoms with Gasteiger partial charge in [-0.15, -0.1) is 22.7 Å². The fourth-order valence-electron chi connectivity index (χ4n) is 2.05. The van der Waals surface area contributed by atoms with Gasteiger partial charge in [-0.05, 0) is 19.1 Å². The summed E-state index contributed by atoms with van der Waals surface area (Å²) in [6.45, 7) is 8.19. The first kappa shape index (κ1) is 16.9. The van der Waals surface area contributed by atoms with Crippen LogP contribution in [0.25, 0.3) is 10.8 Å². The number of aromatic nitrogens is 2. The quantitative estimate of drug-likeness (QED) is 0.734. The molecule has 3 aromatic rings. The number of carbonyl (C=O) groups excluding carboxylic acids is 1. The molecule has 0 radical (unpaired) electrons. The number of nitrogens with zero attached hydrogens (tertiary/aromatic N) is 2. The number of anilines is 1. The molecule has 3 aromatic heterocycles. The number of furan rings is 1. The molecule has 3 heterocycles. The Balaban J connectivity index is 1.63. The largest absolute Gasteiger partial charge is 0.459 e. The summed E-state index contributed by atoms with van der Waals surface area (Å²) in [5, 5.41) is 8.13. The minimum Gasteiger partial charge on any atom is -0.459 e. The van der Waals surface area contributed by atoms with Crippen LogP contribution >= 0.6 is 22.7 Å². The molecule has 0 aliphatic heterocycles. The average Bonchev–Trinajstić information content (AvgIpc) is 3.18. The lowest BCUT2D eigenvalue weighted by molar-refractivity contribution is -0.115. The summed E-state index contributed by atoms with van der Waals surface area (Å²) in [5.74, 6) is 1.47. The molecule has 0 unspecified atom stereocenters.